The fourth-order valence-corrected chi connectivity index (χ4v) is 7.34. The second-order valence-electron chi connectivity index (χ2n) is 12.7. The molecule has 0 saturated carbocycles. The first-order valence-corrected chi connectivity index (χ1v) is 17.5. The van der Waals surface area contributed by atoms with E-state index in [1.807, 2.05) is 35.3 Å². The zero-order valence-corrected chi connectivity index (χ0v) is 28.8. The third-order valence-corrected chi connectivity index (χ3v) is 9.44. The number of aryl methyl sites for hydroxylation is 3. The largest absolute Gasteiger partial charge is 0.457 e. The number of aromatic nitrogens is 4. The second kappa shape index (κ2) is 13.5. The molecule has 0 saturated heterocycles. The van der Waals surface area contributed by atoms with E-state index in [-0.39, 0.29) is 0 Å². The summed E-state index contributed by atoms with van der Waals surface area (Å²) in [6, 6.07) is 29.6. The van der Waals surface area contributed by atoms with E-state index in [9.17, 15) is 0 Å². The van der Waals surface area contributed by atoms with E-state index < -0.39 is 0 Å². The maximum atomic E-state index is 6.53. The predicted octanol–water partition coefficient (Wildman–Crippen LogP) is 11.2. The minimum atomic E-state index is 0.763. The number of ether oxygens (including phenoxy) is 1. The van der Waals surface area contributed by atoms with Crippen LogP contribution in [0.25, 0.3) is 44.4 Å². The average molecular weight is 633 g/mol. The van der Waals surface area contributed by atoms with E-state index in [4.69, 9.17) is 14.8 Å². The molecule has 5 nitrogen and oxygen atoms in total. The number of pyridine rings is 1. The molecular formula is C43H44N4O. The van der Waals surface area contributed by atoms with Crippen LogP contribution in [-0.4, -0.2) is 19.3 Å². The molecule has 4 aromatic carbocycles. The molecule has 0 fully saturated rings. The van der Waals surface area contributed by atoms with Gasteiger partial charge in [0.25, 0.3) is 0 Å². The highest BCUT2D eigenvalue weighted by molar-refractivity contribution is 6.09. The lowest BCUT2D eigenvalue weighted by molar-refractivity contribution is 0.483. The molecule has 0 atom stereocenters. The number of rotatable bonds is 11. The Bertz CT molecular complexity index is 2240. The van der Waals surface area contributed by atoms with Gasteiger partial charge in [0, 0.05) is 40.9 Å². The van der Waals surface area contributed by atoms with Crippen molar-refractivity contribution in [2.75, 3.05) is 0 Å². The summed E-state index contributed by atoms with van der Waals surface area (Å²) in [7, 11) is 0. The van der Waals surface area contributed by atoms with Gasteiger partial charge in [-0.25, -0.2) is 9.67 Å². The van der Waals surface area contributed by atoms with Crippen molar-refractivity contribution in [3.05, 3.63) is 131 Å². The first-order valence-electron chi connectivity index (χ1n) is 17.5. The molecule has 5 heteroatoms. The second-order valence-corrected chi connectivity index (χ2v) is 12.7. The zero-order valence-electron chi connectivity index (χ0n) is 28.8. The molecule has 0 bridgehead atoms. The lowest BCUT2D eigenvalue weighted by Gasteiger charge is -2.21. The smallest absolute Gasteiger partial charge is 0.137 e. The summed E-state index contributed by atoms with van der Waals surface area (Å²) in [5.41, 5.74) is 12.9. The van der Waals surface area contributed by atoms with Crippen molar-refractivity contribution in [2.45, 2.75) is 73.1 Å². The van der Waals surface area contributed by atoms with Gasteiger partial charge in [0.15, 0.2) is 0 Å². The fraction of sp³-hybridized carbons (Fsp3) is 0.256. The molecule has 7 aromatic rings. The molecule has 0 amide bonds. The third-order valence-electron chi connectivity index (χ3n) is 9.44. The Kier molecular flexibility index (Phi) is 8.86. The Hall–Kier alpha value is -5.16. The molecular weight excluding hydrogens is 589 g/mol. The maximum absolute atomic E-state index is 6.53. The van der Waals surface area contributed by atoms with Gasteiger partial charge in [-0.15, -0.1) is 0 Å². The molecule has 242 valence electrons. The Morgan fingerprint density at radius 1 is 0.688 bits per heavy atom. The van der Waals surface area contributed by atoms with Gasteiger partial charge in [0.05, 0.1) is 22.9 Å². The van der Waals surface area contributed by atoms with Crippen molar-refractivity contribution in [1.29, 1.82) is 0 Å². The van der Waals surface area contributed by atoms with Gasteiger partial charge >= 0.3 is 0 Å². The van der Waals surface area contributed by atoms with Gasteiger partial charge in [-0.1, -0.05) is 70.9 Å². The standard InChI is InChI=1S/C43H44N4O/c1-6-13-31-24-30(8-3)36(9-4)39(14-7-2)43(31)32-27-45-46(28-32)33-15-12-16-34(25-33)48-35-19-20-38-37-17-10-11-18-40(37)47(41(38)26-35)42-23-29(5)21-22-44-42/h10-12,15-28H,6-9,13-14H2,1-5H3. The maximum Gasteiger partial charge on any atom is 0.137 e. The number of fused-ring (bicyclic) bond motifs is 3. The van der Waals surface area contributed by atoms with Crippen molar-refractivity contribution < 1.29 is 4.74 Å². The van der Waals surface area contributed by atoms with Crippen molar-refractivity contribution in [1.82, 2.24) is 19.3 Å². The van der Waals surface area contributed by atoms with E-state index in [0.29, 0.717) is 0 Å². The van der Waals surface area contributed by atoms with Crippen molar-refractivity contribution in [2.24, 2.45) is 0 Å². The Morgan fingerprint density at radius 2 is 1.50 bits per heavy atom. The summed E-state index contributed by atoms with van der Waals surface area (Å²) in [6.45, 7) is 11.2. The molecule has 0 aliphatic rings. The molecule has 0 N–H and O–H groups in total. The molecule has 3 aromatic heterocycles. The van der Waals surface area contributed by atoms with Crippen LogP contribution in [0.3, 0.4) is 0 Å². The summed E-state index contributed by atoms with van der Waals surface area (Å²) >= 11 is 0. The minimum Gasteiger partial charge on any atom is -0.457 e. The topological polar surface area (TPSA) is 44.9 Å². The van der Waals surface area contributed by atoms with Crippen LogP contribution in [0.5, 0.6) is 11.5 Å². The molecule has 0 aliphatic carbocycles. The van der Waals surface area contributed by atoms with Crippen molar-refractivity contribution in [3.63, 3.8) is 0 Å². The number of para-hydroxylation sites is 1. The quantitative estimate of drug-likeness (QED) is 0.143. The summed E-state index contributed by atoms with van der Waals surface area (Å²) in [6.07, 6.45) is 12.6. The highest BCUT2D eigenvalue weighted by Crippen LogP contribution is 2.37. The van der Waals surface area contributed by atoms with E-state index in [2.05, 4.69) is 112 Å². The molecule has 0 unspecified atom stereocenters. The van der Waals surface area contributed by atoms with Crippen LogP contribution >= 0.6 is 0 Å². The summed E-state index contributed by atoms with van der Waals surface area (Å²) in [5.74, 6) is 2.43. The van der Waals surface area contributed by atoms with Crippen LogP contribution in [-0.2, 0) is 25.7 Å². The summed E-state index contributed by atoms with van der Waals surface area (Å²) < 4.78 is 10.7. The number of hydrogen-bond donors (Lipinski definition) is 0. The SMILES string of the molecule is CCCc1cc(CC)c(CC)c(CCC)c1-c1cnn(-c2cccc(Oc3ccc4c5ccccc5n(-c5cc(C)ccn5)c4c3)c2)c1. The number of benzene rings is 4. The van der Waals surface area contributed by atoms with Crippen LogP contribution in [0.2, 0.25) is 0 Å². The van der Waals surface area contributed by atoms with Crippen LogP contribution < -0.4 is 4.74 Å². The van der Waals surface area contributed by atoms with Crippen LogP contribution in [0.4, 0.5) is 0 Å². The third kappa shape index (κ3) is 5.79. The van der Waals surface area contributed by atoms with Gasteiger partial charge in [-0.05, 0) is 108 Å². The minimum absolute atomic E-state index is 0.763. The van der Waals surface area contributed by atoms with Gasteiger partial charge in [-0.2, -0.15) is 5.10 Å². The number of hydrogen-bond acceptors (Lipinski definition) is 3. The average Bonchev–Trinajstić information content (AvgIpc) is 3.72. The lowest BCUT2D eigenvalue weighted by atomic mass is 9.84. The number of nitrogens with zero attached hydrogens (tertiary/aromatic N) is 4. The van der Waals surface area contributed by atoms with Gasteiger partial charge < -0.3 is 4.74 Å². The lowest BCUT2D eigenvalue weighted by Crippen LogP contribution is -2.05. The molecule has 3 heterocycles. The van der Waals surface area contributed by atoms with Gasteiger partial charge in [-0.3, -0.25) is 4.57 Å². The zero-order chi connectivity index (χ0) is 33.2. The molecule has 0 radical (unpaired) electrons. The van der Waals surface area contributed by atoms with Crippen LogP contribution in [0.1, 0.15) is 68.4 Å². The Labute approximate surface area is 283 Å². The highest BCUT2D eigenvalue weighted by atomic mass is 16.5. The van der Waals surface area contributed by atoms with Crippen LogP contribution in [0.15, 0.2) is 104 Å². The monoisotopic (exact) mass is 632 g/mol. The van der Waals surface area contributed by atoms with E-state index in [1.165, 1.54) is 49.7 Å². The predicted molar refractivity (Wildman–Crippen MR) is 199 cm³/mol. The first kappa shape index (κ1) is 31.4. The summed E-state index contributed by atoms with van der Waals surface area (Å²) in [4.78, 5) is 4.73. The molecule has 7 rings (SSSR count). The van der Waals surface area contributed by atoms with Gasteiger partial charge in [0.1, 0.15) is 17.3 Å². The van der Waals surface area contributed by atoms with Crippen LogP contribution in [0, 0.1) is 6.92 Å². The highest BCUT2D eigenvalue weighted by Gasteiger charge is 2.19. The fourth-order valence-electron chi connectivity index (χ4n) is 7.34. The molecule has 0 aliphatic heterocycles. The van der Waals surface area contributed by atoms with E-state index in [0.717, 1.165) is 72.6 Å². The first-order chi connectivity index (χ1) is 23.5. The van der Waals surface area contributed by atoms with E-state index >= 15 is 0 Å². The Balaban J connectivity index is 1.25. The van der Waals surface area contributed by atoms with Crippen molar-refractivity contribution in [3.8, 4) is 34.1 Å². The molecule has 0 spiro atoms. The normalized spacial score (nSPS) is 11.5. The summed E-state index contributed by atoms with van der Waals surface area (Å²) in [5, 5.41) is 7.24. The molecule has 48 heavy (non-hydrogen) atoms. The van der Waals surface area contributed by atoms with E-state index in [1.54, 1.807) is 0 Å². The Morgan fingerprint density at radius 3 is 2.29 bits per heavy atom. The van der Waals surface area contributed by atoms with Crippen molar-refractivity contribution >= 4 is 21.8 Å². The van der Waals surface area contributed by atoms with Gasteiger partial charge in [0.2, 0.25) is 0 Å².